The number of aromatic amines is 1. The lowest BCUT2D eigenvalue weighted by Crippen LogP contribution is -2.16. The maximum atomic E-state index is 12.4. The van der Waals surface area contributed by atoms with Crippen molar-refractivity contribution >= 4 is 5.97 Å². The van der Waals surface area contributed by atoms with Crippen LogP contribution in [-0.2, 0) is 0 Å². The van der Waals surface area contributed by atoms with Gasteiger partial charge in [0.25, 0.3) is 17.3 Å². The molecule has 3 aromatic rings. The van der Waals surface area contributed by atoms with Gasteiger partial charge >= 0.3 is 5.97 Å². The molecule has 2 N–H and O–H groups in total. The van der Waals surface area contributed by atoms with Crippen molar-refractivity contribution in [3.63, 3.8) is 0 Å². The molecule has 0 spiro atoms. The summed E-state index contributed by atoms with van der Waals surface area (Å²) < 4.78 is 6.02. The molecule has 106 valence electrons. The number of rotatable bonds is 3. The normalized spacial score (nSPS) is 10.7. The molecule has 0 aromatic carbocycles. The van der Waals surface area contributed by atoms with E-state index in [9.17, 15) is 9.59 Å². The molecule has 0 unspecified atom stereocenters. The molecule has 10 heteroatoms. The fraction of sp³-hybridized carbons (Fsp3) is 0.0909. The van der Waals surface area contributed by atoms with Gasteiger partial charge in [0.1, 0.15) is 17.6 Å². The second-order valence-electron chi connectivity index (χ2n) is 4.08. The summed E-state index contributed by atoms with van der Waals surface area (Å²) in [5.74, 6) is -2.02. The predicted molar refractivity (Wildman–Crippen MR) is 67.0 cm³/mol. The summed E-state index contributed by atoms with van der Waals surface area (Å²) in [7, 11) is 0. The van der Waals surface area contributed by atoms with Gasteiger partial charge in [-0.2, -0.15) is 4.98 Å². The Bertz CT molecular complexity index is 862. The second-order valence-corrected chi connectivity index (χ2v) is 4.08. The van der Waals surface area contributed by atoms with Gasteiger partial charge in [0.15, 0.2) is 0 Å². The molecule has 0 bridgehead atoms. The molecule has 3 heterocycles. The minimum atomic E-state index is -1.34. The molecule has 0 fully saturated rings. The quantitative estimate of drug-likeness (QED) is 0.686. The minimum Gasteiger partial charge on any atom is -0.475 e. The third-order valence-electron chi connectivity index (χ3n) is 2.71. The number of aromatic nitrogens is 6. The Morgan fingerprint density at radius 1 is 1.38 bits per heavy atom. The highest BCUT2D eigenvalue weighted by molar-refractivity contribution is 5.83. The Morgan fingerprint density at radius 3 is 2.71 bits per heavy atom. The van der Waals surface area contributed by atoms with Crippen LogP contribution in [0.4, 0.5) is 0 Å². The molecule has 3 aromatic heterocycles. The number of hydrogen-bond acceptors (Lipinski definition) is 7. The standard InChI is InChI=1S/C11H8N6O4/c1-5-7(9-14-8(11(19)20)16-21-9)10(18)17(15-5)6-2-12-4-13-3-6/h2-4,15H,1H3,(H,19,20). The molecular weight excluding hydrogens is 280 g/mol. The summed E-state index contributed by atoms with van der Waals surface area (Å²) in [6.45, 7) is 1.63. The lowest BCUT2D eigenvalue weighted by Gasteiger charge is -1.97. The van der Waals surface area contributed by atoms with Crippen LogP contribution in [0.15, 0.2) is 28.0 Å². The number of nitrogens with one attached hydrogen (secondary N) is 1. The molecule has 0 radical (unpaired) electrons. The smallest absolute Gasteiger partial charge is 0.377 e. The van der Waals surface area contributed by atoms with E-state index in [0.717, 1.165) is 0 Å². The molecular formula is C11H8N6O4. The van der Waals surface area contributed by atoms with E-state index in [4.69, 9.17) is 9.63 Å². The van der Waals surface area contributed by atoms with Crippen molar-refractivity contribution < 1.29 is 14.4 Å². The van der Waals surface area contributed by atoms with Gasteiger partial charge in [0.2, 0.25) is 0 Å². The number of carboxylic acids is 1. The Morgan fingerprint density at radius 2 is 2.10 bits per heavy atom. The van der Waals surface area contributed by atoms with E-state index in [1.165, 1.54) is 23.4 Å². The Balaban J connectivity index is 2.14. The molecule has 3 rings (SSSR count). The number of aryl methyl sites for hydroxylation is 1. The van der Waals surface area contributed by atoms with Crippen molar-refractivity contribution in [2.45, 2.75) is 6.92 Å². The SMILES string of the molecule is Cc1[nH]n(-c2cncnc2)c(=O)c1-c1nc(C(=O)O)no1. The first-order valence-electron chi connectivity index (χ1n) is 5.72. The third kappa shape index (κ3) is 2.08. The average molecular weight is 288 g/mol. The third-order valence-corrected chi connectivity index (χ3v) is 2.71. The molecule has 0 atom stereocenters. The van der Waals surface area contributed by atoms with Crippen LogP contribution >= 0.6 is 0 Å². The average Bonchev–Trinajstić information content (AvgIpc) is 3.05. The van der Waals surface area contributed by atoms with E-state index >= 15 is 0 Å². The maximum absolute atomic E-state index is 12.4. The highest BCUT2D eigenvalue weighted by atomic mass is 16.5. The summed E-state index contributed by atoms with van der Waals surface area (Å²) in [5.41, 5.74) is 0.501. The Kier molecular flexibility index (Phi) is 2.83. The lowest BCUT2D eigenvalue weighted by atomic mass is 10.2. The molecule has 0 amide bonds. The van der Waals surface area contributed by atoms with Crippen molar-refractivity contribution in [3.8, 4) is 17.1 Å². The minimum absolute atomic E-state index is 0.0962. The van der Waals surface area contributed by atoms with E-state index in [1.807, 2.05) is 0 Å². The summed E-state index contributed by atoms with van der Waals surface area (Å²) >= 11 is 0. The number of aromatic carboxylic acids is 1. The zero-order chi connectivity index (χ0) is 15.0. The largest absolute Gasteiger partial charge is 0.475 e. The highest BCUT2D eigenvalue weighted by Gasteiger charge is 2.22. The Hall–Kier alpha value is -3.30. The van der Waals surface area contributed by atoms with Gasteiger partial charge < -0.3 is 9.63 Å². The van der Waals surface area contributed by atoms with Crippen molar-refractivity contribution in [1.29, 1.82) is 0 Å². The van der Waals surface area contributed by atoms with Gasteiger partial charge in [0, 0.05) is 5.69 Å². The van der Waals surface area contributed by atoms with Crippen LogP contribution in [-0.4, -0.2) is 41.0 Å². The van der Waals surface area contributed by atoms with Crippen LogP contribution in [0.3, 0.4) is 0 Å². The molecule has 0 saturated carbocycles. The molecule has 0 aliphatic rings. The van der Waals surface area contributed by atoms with Crippen LogP contribution in [0, 0.1) is 6.92 Å². The highest BCUT2D eigenvalue weighted by Crippen LogP contribution is 2.17. The molecule has 0 saturated heterocycles. The Labute approximate surface area is 116 Å². The fourth-order valence-corrected chi connectivity index (χ4v) is 1.80. The summed E-state index contributed by atoms with van der Waals surface area (Å²) in [4.78, 5) is 34.4. The van der Waals surface area contributed by atoms with Crippen LogP contribution in [0.5, 0.6) is 0 Å². The van der Waals surface area contributed by atoms with E-state index in [-0.39, 0.29) is 11.5 Å². The molecule has 10 nitrogen and oxygen atoms in total. The van der Waals surface area contributed by atoms with Gasteiger partial charge in [0.05, 0.1) is 12.4 Å². The predicted octanol–water partition coefficient (Wildman–Crippen LogP) is 0.0122. The van der Waals surface area contributed by atoms with Crippen LogP contribution in [0.1, 0.15) is 16.3 Å². The van der Waals surface area contributed by atoms with Gasteiger partial charge in [-0.3, -0.25) is 9.89 Å². The van der Waals surface area contributed by atoms with Gasteiger partial charge in [-0.25, -0.2) is 19.4 Å². The number of hydrogen-bond donors (Lipinski definition) is 2. The van der Waals surface area contributed by atoms with E-state index < -0.39 is 17.4 Å². The topological polar surface area (TPSA) is 140 Å². The first-order valence-corrected chi connectivity index (χ1v) is 5.72. The number of carboxylic acid groups (broad SMARTS) is 1. The van der Waals surface area contributed by atoms with Gasteiger partial charge in [-0.05, 0) is 12.1 Å². The van der Waals surface area contributed by atoms with E-state index in [1.54, 1.807) is 6.92 Å². The van der Waals surface area contributed by atoms with Crippen LogP contribution in [0.25, 0.3) is 17.1 Å². The zero-order valence-corrected chi connectivity index (χ0v) is 10.6. The van der Waals surface area contributed by atoms with Crippen molar-refractivity contribution in [3.05, 3.63) is 40.6 Å². The summed E-state index contributed by atoms with van der Waals surface area (Å²) in [5, 5.41) is 14.9. The van der Waals surface area contributed by atoms with Gasteiger partial charge in [-0.1, -0.05) is 0 Å². The molecule has 0 aliphatic heterocycles. The maximum Gasteiger partial charge on any atom is 0.377 e. The monoisotopic (exact) mass is 288 g/mol. The molecule has 0 aliphatic carbocycles. The number of H-pyrrole nitrogens is 1. The number of carbonyl (C=O) groups is 1. The first kappa shape index (κ1) is 12.7. The lowest BCUT2D eigenvalue weighted by molar-refractivity contribution is 0.0680. The molecule has 21 heavy (non-hydrogen) atoms. The van der Waals surface area contributed by atoms with Crippen LogP contribution < -0.4 is 5.56 Å². The van der Waals surface area contributed by atoms with E-state index in [2.05, 4.69) is 25.2 Å². The first-order chi connectivity index (χ1) is 10.1. The fourth-order valence-electron chi connectivity index (χ4n) is 1.80. The summed E-state index contributed by atoms with van der Waals surface area (Å²) in [6.07, 6.45) is 4.23. The number of nitrogens with zero attached hydrogens (tertiary/aromatic N) is 5. The van der Waals surface area contributed by atoms with Gasteiger partial charge in [-0.15, -0.1) is 0 Å². The van der Waals surface area contributed by atoms with E-state index in [0.29, 0.717) is 11.4 Å². The second kappa shape index (κ2) is 4.67. The van der Waals surface area contributed by atoms with Crippen molar-refractivity contribution in [2.24, 2.45) is 0 Å². The summed E-state index contributed by atoms with van der Waals surface area (Å²) in [6, 6.07) is 0. The van der Waals surface area contributed by atoms with Crippen LogP contribution in [0.2, 0.25) is 0 Å². The van der Waals surface area contributed by atoms with Crippen molar-refractivity contribution in [2.75, 3.05) is 0 Å². The zero-order valence-electron chi connectivity index (χ0n) is 10.6. The van der Waals surface area contributed by atoms with Crippen molar-refractivity contribution in [1.82, 2.24) is 29.9 Å².